The third-order valence-corrected chi connectivity index (χ3v) is 2.98. The summed E-state index contributed by atoms with van der Waals surface area (Å²) in [6.45, 7) is 8.14. The highest BCUT2D eigenvalue weighted by Crippen LogP contribution is 2.11. The fraction of sp³-hybridized carbons (Fsp3) is 0.600. The van der Waals surface area contributed by atoms with Gasteiger partial charge < -0.3 is 15.3 Å². The summed E-state index contributed by atoms with van der Waals surface area (Å²) in [6.07, 6.45) is 0. The number of rotatable bonds is 6. The van der Waals surface area contributed by atoms with Crippen LogP contribution in [0.25, 0.3) is 0 Å². The predicted molar refractivity (Wildman–Crippen MR) is 76.8 cm³/mol. The van der Waals surface area contributed by atoms with Crippen molar-refractivity contribution in [3.8, 4) is 0 Å². The fourth-order valence-electron chi connectivity index (χ4n) is 2.19. The van der Waals surface area contributed by atoms with Gasteiger partial charge in [0.05, 0.1) is 5.60 Å². The molecule has 3 heteroatoms. The third kappa shape index (κ3) is 5.17. The smallest absolute Gasteiger partial charge is 0.0869 e. The largest absolute Gasteiger partial charge is 0.388 e. The van der Waals surface area contributed by atoms with Gasteiger partial charge in [0.1, 0.15) is 0 Å². The molecule has 0 heterocycles. The van der Waals surface area contributed by atoms with E-state index in [0.29, 0.717) is 13.1 Å². The summed E-state index contributed by atoms with van der Waals surface area (Å²) in [4.78, 5) is 2.00. The Labute approximate surface area is 111 Å². The number of benzene rings is 1. The molecular formula is C15H26N2O. The second kappa shape index (κ2) is 6.32. The number of hydrogen-bond donors (Lipinski definition) is 2. The zero-order valence-electron chi connectivity index (χ0n) is 12.2. The minimum absolute atomic E-state index is 0.596. The van der Waals surface area contributed by atoms with E-state index < -0.39 is 5.60 Å². The lowest BCUT2D eigenvalue weighted by Crippen LogP contribution is -2.45. The molecule has 0 fully saturated rings. The number of nitrogens with zero attached hydrogens (tertiary/aromatic N) is 1. The van der Waals surface area contributed by atoms with Crippen LogP contribution in [0.1, 0.15) is 23.6 Å². The first kappa shape index (κ1) is 15.2. The van der Waals surface area contributed by atoms with E-state index >= 15 is 0 Å². The van der Waals surface area contributed by atoms with Crippen molar-refractivity contribution >= 4 is 0 Å². The van der Waals surface area contributed by atoms with E-state index in [0.717, 1.165) is 6.54 Å². The van der Waals surface area contributed by atoms with Gasteiger partial charge in [-0.1, -0.05) is 23.8 Å². The normalized spacial score (nSPS) is 14.8. The maximum absolute atomic E-state index is 10.2. The van der Waals surface area contributed by atoms with Crippen LogP contribution in [0.3, 0.4) is 0 Å². The minimum atomic E-state index is -0.693. The van der Waals surface area contributed by atoms with E-state index in [4.69, 9.17) is 0 Å². The van der Waals surface area contributed by atoms with E-state index in [1.54, 1.807) is 0 Å². The number of nitrogens with one attached hydrogen (secondary N) is 1. The summed E-state index contributed by atoms with van der Waals surface area (Å²) < 4.78 is 0. The molecule has 1 unspecified atom stereocenters. The summed E-state index contributed by atoms with van der Waals surface area (Å²) >= 11 is 0. The van der Waals surface area contributed by atoms with Gasteiger partial charge in [0.25, 0.3) is 0 Å². The first-order chi connectivity index (χ1) is 8.30. The van der Waals surface area contributed by atoms with Gasteiger partial charge in [-0.2, -0.15) is 0 Å². The minimum Gasteiger partial charge on any atom is -0.388 e. The Kier molecular flexibility index (Phi) is 5.32. The van der Waals surface area contributed by atoms with Crippen LogP contribution in [0.2, 0.25) is 0 Å². The Hall–Kier alpha value is -0.900. The van der Waals surface area contributed by atoms with E-state index in [2.05, 4.69) is 37.4 Å². The molecule has 3 nitrogen and oxygen atoms in total. The van der Waals surface area contributed by atoms with Crippen molar-refractivity contribution in [2.24, 2.45) is 0 Å². The van der Waals surface area contributed by atoms with E-state index in [-0.39, 0.29) is 0 Å². The molecule has 0 aliphatic rings. The Bertz CT molecular complexity index is 386. The average Bonchev–Trinajstić information content (AvgIpc) is 2.21. The molecule has 1 rings (SSSR count). The highest BCUT2D eigenvalue weighted by molar-refractivity contribution is 5.30. The average molecular weight is 250 g/mol. The van der Waals surface area contributed by atoms with Crippen molar-refractivity contribution in [2.75, 3.05) is 27.2 Å². The Morgan fingerprint density at radius 3 is 2.56 bits per heavy atom. The summed E-state index contributed by atoms with van der Waals surface area (Å²) in [7, 11) is 3.94. The zero-order chi connectivity index (χ0) is 13.8. The van der Waals surface area contributed by atoms with Crippen LogP contribution in [0, 0.1) is 13.8 Å². The van der Waals surface area contributed by atoms with Gasteiger partial charge in [0.15, 0.2) is 0 Å². The van der Waals surface area contributed by atoms with Crippen LogP contribution in [-0.4, -0.2) is 42.8 Å². The van der Waals surface area contributed by atoms with Crippen molar-refractivity contribution in [1.82, 2.24) is 10.2 Å². The Balaban J connectivity index is 2.48. The third-order valence-electron chi connectivity index (χ3n) is 2.98. The standard InChI is InChI=1S/C15H26N2O/c1-12-6-7-13(2)14(8-12)9-16-10-15(3,18)11-17(4)5/h6-8,16,18H,9-11H2,1-5H3. The molecule has 0 aliphatic heterocycles. The highest BCUT2D eigenvalue weighted by atomic mass is 16.3. The summed E-state index contributed by atoms with van der Waals surface area (Å²) in [5, 5.41) is 13.5. The number of hydrogen-bond acceptors (Lipinski definition) is 3. The number of aryl methyl sites for hydroxylation is 2. The second-order valence-corrected chi connectivity index (χ2v) is 5.77. The molecule has 0 saturated carbocycles. The van der Waals surface area contributed by atoms with Crippen molar-refractivity contribution in [3.05, 3.63) is 34.9 Å². The van der Waals surface area contributed by atoms with Gasteiger partial charge in [-0.15, -0.1) is 0 Å². The van der Waals surface area contributed by atoms with Gasteiger partial charge in [-0.3, -0.25) is 0 Å². The first-order valence-electron chi connectivity index (χ1n) is 6.44. The second-order valence-electron chi connectivity index (χ2n) is 5.77. The van der Waals surface area contributed by atoms with E-state index in [9.17, 15) is 5.11 Å². The van der Waals surface area contributed by atoms with Crippen LogP contribution in [0.15, 0.2) is 18.2 Å². The molecule has 0 bridgehead atoms. The molecule has 0 amide bonds. The van der Waals surface area contributed by atoms with Crippen LogP contribution < -0.4 is 5.32 Å². The van der Waals surface area contributed by atoms with Crippen molar-refractivity contribution in [3.63, 3.8) is 0 Å². The molecule has 18 heavy (non-hydrogen) atoms. The SMILES string of the molecule is Cc1ccc(C)c(CNCC(C)(O)CN(C)C)c1. The molecule has 1 atom stereocenters. The molecule has 102 valence electrons. The van der Waals surface area contributed by atoms with Crippen molar-refractivity contribution < 1.29 is 5.11 Å². The maximum atomic E-state index is 10.2. The number of aliphatic hydroxyl groups is 1. The Morgan fingerprint density at radius 1 is 1.28 bits per heavy atom. The fourth-order valence-corrected chi connectivity index (χ4v) is 2.19. The summed E-state index contributed by atoms with van der Waals surface area (Å²) in [6, 6.07) is 6.47. The van der Waals surface area contributed by atoms with Gasteiger partial charge >= 0.3 is 0 Å². The van der Waals surface area contributed by atoms with Gasteiger partial charge in [-0.25, -0.2) is 0 Å². The van der Waals surface area contributed by atoms with Gasteiger partial charge in [0.2, 0.25) is 0 Å². The highest BCUT2D eigenvalue weighted by Gasteiger charge is 2.20. The van der Waals surface area contributed by atoms with Gasteiger partial charge in [0, 0.05) is 19.6 Å². The molecule has 2 N–H and O–H groups in total. The van der Waals surface area contributed by atoms with Crippen LogP contribution in [0.4, 0.5) is 0 Å². The lowest BCUT2D eigenvalue weighted by Gasteiger charge is -2.27. The zero-order valence-corrected chi connectivity index (χ0v) is 12.2. The summed E-state index contributed by atoms with van der Waals surface area (Å²) in [5.41, 5.74) is 3.18. The van der Waals surface area contributed by atoms with Crippen molar-refractivity contribution in [2.45, 2.75) is 32.9 Å². The molecule has 0 saturated heterocycles. The van der Waals surface area contributed by atoms with Gasteiger partial charge in [-0.05, 0) is 46.0 Å². The topological polar surface area (TPSA) is 35.5 Å². The maximum Gasteiger partial charge on any atom is 0.0869 e. The Morgan fingerprint density at radius 2 is 1.94 bits per heavy atom. The predicted octanol–water partition coefficient (Wildman–Crippen LogP) is 1.71. The summed E-state index contributed by atoms with van der Waals surface area (Å²) in [5.74, 6) is 0. The molecule has 0 aromatic heterocycles. The van der Waals surface area contributed by atoms with Crippen LogP contribution >= 0.6 is 0 Å². The van der Waals surface area contributed by atoms with Crippen molar-refractivity contribution in [1.29, 1.82) is 0 Å². The quantitative estimate of drug-likeness (QED) is 0.807. The lowest BCUT2D eigenvalue weighted by molar-refractivity contribution is 0.0336. The molecule has 0 radical (unpaired) electrons. The first-order valence-corrected chi connectivity index (χ1v) is 6.44. The molecule has 0 aliphatic carbocycles. The molecular weight excluding hydrogens is 224 g/mol. The number of likely N-dealkylation sites (N-methyl/N-ethyl adjacent to an activating group) is 1. The molecule has 1 aromatic rings. The van der Waals surface area contributed by atoms with Crippen LogP contribution in [0.5, 0.6) is 0 Å². The lowest BCUT2D eigenvalue weighted by atomic mass is 10.0. The molecule has 0 spiro atoms. The monoisotopic (exact) mass is 250 g/mol. The van der Waals surface area contributed by atoms with E-state index in [1.807, 2.05) is 25.9 Å². The molecule has 1 aromatic carbocycles. The van der Waals surface area contributed by atoms with Crippen LogP contribution in [-0.2, 0) is 6.54 Å². The van der Waals surface area contributed by atoms with E-state index in [1.165, 1.54) is 16.7 Å².